The van der Waals surface area contributed by atoms with Gasteiger partial charge in [0.25, 0.3) is 0 Å². The fourth-order valence-corrected chi connectivity index (χ4v) is 1.63. The number of hydrogen-bond donors (Lipinski definition) is 1. The highest BCUT2D eigenvalue weighted by molar-refractivity contribution is 5.97. The van der Waals surface area contributed by atoms with Crippen molar-refractivity contribution in [3.63, 3.8) is 0 Å². The maximum Gasteiger partial charge on any atom is 0.310 e. The van der Waals surface area contributed by atoms with Gasteiger partial charge in [-0.3, -0.25) is 0 Å². The van der Waals surface area contributed by atoms with E-state index in [4.69, 9.17) is 5.41 Å². The molecule has 1 N–H and O–H groups in total. The number of imidazole rings is 1. The van der Waals surface area contributed by atoms with Gasteiger partial charge in [-0.05, 0) is 20.3 Å². The summed E-state index contributed by atoms with van der Waals surface area (Å²) >= 11 is 0. The molecule has 4 heteroatoms. The van der Waals surface area contributed by atoms with Gasteiger partial charge in [0.15, 0.2) is 12.0 Å². The molecule has 0 saturated heterocycles. The van der Waals surface area contributed by atoms with Gasteiger partial charge >= 0.3 is 5.82 Å². The molecule has 4 nitrogen and oxygen atoms in total. The Balaban J connectivity index is 3.21. The average molecular weight is 207 g/mol. The van der Waals surface area contributed by atoms with E-state index in [1.54, 1.807) is 13.3 Å². The van der Waals surface area contributed by atoms with E-state index in [0.29, 0.717) is 5.71 Å². The molecule has 1 aromatic rings. The van der Waals surface area contributed by atoms with Crippen LogP contribution in [0.1, 0.15) is 32.9 Å². The Morgan fingerprint density at radius 2 is 2.33 bits per heavy atom. The van der Waals surface area contributed by atoms with E-state index in [1.807, 2.05) is 24.8 Å². The van der Waals surface area contributed by atoms with Crippen LogP contribution in [0.4, 0.5) is 5.82 Å². The van der Waals surface area contributed by atoms with E-state index < -0.39 is 0 Å². The van der Waals surface area contributed by atoms with Crippen LogP contribution in [0.5, 0.6) is 0 Å². The minimum atomic E-state index is 0.508. The van der Waals surface area contributed by atoms with Gasteiger partial charge in [-0.25, -0.2) is 14.1 Å². The summed E-state index contributed by atoms with van der Waals surface area (Å²) in [4.78, 5) is 4.24. The maximum absolute atomic E-state index is 7.67. The molecule has 0 aliphatic heterocycles. The Labute approximate surface area is 90.8 Å². The molecule has 1 aromatic heterocycles. The standard InChI is InChI=1S/C11H19N4/c1-5-7-15(6-2)11-10(9(3)12)13-8-14(11)4/h6,8,12H,5,7H2,1-4H3/q+1/b12-9?,15-6-. The van der Waals surface area contributed by atoms with E-state index in [0.717, 1.165) is 24.5 Å². The number of hydrogen-bond acceptors (Lipinski definition) is 2. The van der Waals surface area contributed by atoms with Crippen molar-refractivity contribution in [1.82, 2.24) is 9.55 Å². The quantitative estimate of drug-likeness (QED) is 0.595. The lowest BCUT2D eigenvalue weighted by atomic mass is 10.3. The first-order chi connectivity index (χ1) is 7.11. The van der Waals surface area contributed by atoms with E-state index in [9.17, 15) is 0 Å². The molecule has 0 aliphatic carbocycles. The lowest BCUT2D eigenvalue weighted by Gasteiger charge is -2.04. The molecule has 0 aromatic carbocycles. The highest BCUT2D eigenvalue weighted by Gasteiger charge is 2.20. The normalized spacial score (nSPS) is 11.9. The monoisotopic (exact) mass is 207 g/mol. The van der Waals surface area contributed by atoms with Crippen molar-refractivity contribution in [1.29, 1.82) is 5.41 Å². The molecule has 0 spiro atoms. The molecule has 1 rings (SSSR count). The zero-order valence-corrected chi connectivity index (χ0v) is 9.91. The van der Waals surface area contributed by atoms with E-state index in [2.05, 4.69) is 16.5 Å². The molecule has 1 heterocycles. The van der Waals surface area contributed by atoms with Gasteiger partial charge in [0.1, 0.15) is 0 Å². The third kappa shape index (κ3) is 2.32. The summed E-state index contributed by atoms with van der Waals surface area (Å²) in [5, 5.41) is 7.67. The predicted molar refractivity (Wildman–Crippen MR) is 62.5 cm³/mol. The number of rotatable bonds is 4. The van der Waals surface area contributed by atoms with E-state index >= 15 is 0 Å². The molecule has 0 fully saturated rings. The SMILES string of the molecule is C/C=[N+](/CCC)c1c(C(C)=N)ncn1C. The lowest BCUT2D eigenvalue weighted by molar-refractivity contribution is -0.442. The van der Waals surface area contributed by atoms with Crippen molar-refractivity contribution in [3.05, 3.63) is 12.0 Å². The number of aryl methyl sites for hydroxylation is 1. The Bertz CT molecular complexity index is 387. The van der Waals surface area contributed by atoms with Crippen LogP contribution in [0.2, 0.25) is 0 Å². The van der Waals surface area contributed by atoms with Gasteiger partial charge < -0.3 is 5.41 Å². The van der Waals surface area contributed by atoms with Crippen LogP contribution in [-0.4, -0.2) is 32.6 Å². The fourth-order valence-electron chi connectivity index (χ4n) is 1.63. The Hall–Kier alpha value is -1.45. The van der Waals surface area contributed by atoms with E-state index in [-0.39, 0.29) is 0 Å². The van der Waals surface area contributed by atoms with Crippen LogP contribution < -0.4 is 0 Å². The second kappa shape index (κ2) is 4.87. The molecule has 0 saturated carbocycles. The molecule has 15 heavy (non-hydrogen) atoms. The average Bonchev–Trinajstić information content (AvgIpc) is 2.57. The van der Waals surface area contributed by atoms with Gasteiger partial charge in [-0.1, -0.05) is 6.92 Å². The summed E-state index contributed by atoms with van der Waals surface area (Å²) < 4.78 is 4.10. The number of nitrogens with one attached hydrogen (secondary N) is 1. The maximum atomic E-state index is 7.67. The molecular weight excluding hydrogens is 188 g/mol. The third-order valence-electron chi connectivity index (χ3n) is 2.31. The van der Waals surface area contributed by atoms with Crippen molar-refractivity contribution in [2.75, 3.05) is 6.54 Å². The van der Waals surface area contributed by atoms with Crippen LogP contribution in [0, 0.1) is 5.41 Å². The Morgan fingerprint density at radius 3 is 2.80 bits per heavy atom. The van der Waals surface area contributed by atoms with E-state index in [1.165, 1.54) is 0 Å². The van der Waals surface area contributed by atoms with Crippen LogP contribution in [0.3, 0.4) is 0 Å². The second-order valence-corrected chi connectivity index (χ2v) is 3.60. The highest BCUT2D eigenvalue weighted by atomic mass is 15.2. The number of aromatic nitrogens is 2. The first kappa shape index (κ1) is 11.6. The Morgan fingerprint density at radius 1 is 1.67 bits per heavy atom. The van der Waals surface area contributed by atoms with Crippen molar-refractivity contribution in [2.24, 2.45) is 7.05 Å². The fraction of sp³-hybridized carbons (Fsp3) is 0.545. The van der Waals surface area contributed by atoms with Crippen molar-refractivity contribution < 1.29 is 4.58 Å². The smallest absolute Gasteiger partial charge is 0.303 e. The van der Waals surface area contributed by atoms with Gasteiger partial charge in [0, 0.05) is 0 Å². The van der Waals surface area contributed by atoms with Crippen LogP contribution in [0.15, 0.2) is 6.33 Å². The zero-order valence-electron chi connectivity index (χ0n) is 9.91. The number of nitrogens with zero attached hydrogens (tertiary/aromatic N) is 3. The van der Waals surface area contributed by atoms with Crippen molar-refractivity contribution >= 4 is 17.7 Å². The largest absolute Gasteiger partial charge is 0.310 e. The molecular formula is C11H19N4+. The summed E-state index contributed by atoms with van der Waals surface area (Å²) in [6, 6.07) is 0. The minimum Gasteiger partial charge on any atom is -0.303 e. The van der Waals surface area contributed by atoms with Crippen LogP contribution >= 0.6 is 0 Å². The zero-order chi connectivity index (χ0) is 11.4. The molecule has 0 bridgehead atoms. The molecule has 82 valence electrons. The summed E-state index contributed by atoms with van der Waals surface area (Å²) in [5.41, 5.74) is 1.28. The highest BCUT2D eigenvalue weighted by Crippen LogP contribution is 2.17. The summed E-state index contributed by atoms with van der Waals surface area (Å²) in [5.74, 6) is 1.01. The van der Waals surface area contributed by atoms with Gasteiger partial charge in [-0.2, -0.15) is 0 Å². The van der Waals surface area contributed by atoms with Crippen molar-refractivity contribution in [3.8, 4) is 0 Å². The first-order valence-corrected chi connectivity index (χ1v) is 5.24. The molecule has 0 amide bonds. The first-order valence-electron chi connectivity index (χ1n) is 5.24. The van der Waals surface area contributed by atoms with Gasteiger partial charge in [0.2, 0.25) is 0 Å². The topological polar surface area (TPSA) is 44.7 Å². The summed E-state index contributed by atoms with van der Waals surface area (Å²) in [6.45, 7) is 6.87. The summed E-state index contributed by atoms with van der Waals surface area (Å²) in [6.07, 6.45) is 4.87. The summed E-state index contributed by atoms with van der Waals surface area (Å²) in [7, 11) is 1.96. The minimum absolute atomic E-state index is 0.508. The molecule has 0 aliphatic rings. The van der Waals surface area contributed by atoms with Crippen molar-refractivity contribution in [2.45, 2.75) is 27.2 Å². The predicted octanol–water partition coefficient (Wildman–Crippen LogP) is 1.95. The van der Waals surface area contributed by atoms with Gasteiger partial charge in [-0.15, -0.1) is 0 Å². The van der Waals surface area contributed by atoms with Gasteiger partial charge in [0.05, 0.1) is 25.5 Å². The molecule has 0 atom stereocenters. The molecule has 0 radical (unpaired) electrons. The Kier molecular flexibility index (Phi) is 3.77. The van der Waals surface area contributed by atoms with Crippen LogP contribution in [0.25, 0.3) is 0 Å². The molecule has 0 unspecified atom stereocenters. The third-order valence-corrected chi connectivity index (χ3v) is 2.31. The second-order valence-electron chi connectivity index (χ2n) is 3.60. The lowest BCUT2D eigenvalue weighted by Crippen LogP contribution is -2.13. The van der Waals surface area contributed by atoms with Crippen LogP contribution in [-0.2, 0) is 7.05 Å².